The molecular weight excluding hydrogens is 300 g/mol. The van der Waals surface area contributed by atoms with Crippen molar-refractivity contribution in [2.75, 3.05) is 0 Å². The fraction of sp³-hybridized carbons (Fsp3) is 0.111. The molecule has 2 heterocycles. The lowest BCUT2D eigenvalue weighted by Crippen LogP contribution is -2.06. The van der Waals surface area contributed by atoms with Gasteiger partial charge in [0, 0.05) is 11.3 Å². The van der Waals surface area contributed by atoms with Crippen LogP contribution in [0.2, 0.25) is 0 Å². The van der Waals surface area contributed by atoms with Crippen molar-refractivity contribution in [3.63, 3.8) is 0 Å². The lowest BCUT2D eigenvalue weighted by molar-refractivity contribution is 0.717. The quantitative estimate of drug-likeness (QED) is 0.546. The summed E-state index contributed by atoms with van der Waals surface area (Å²) in [6, 6.07) is 16.4. The highest BCUT2D eigenvalue weighted by atomic mass is 15.5. The van der Waals surface area contributed by atoms with E-state index in [4.69, 9.17) is 0 Å². The third-order valence-corrected chi connectivity index (χ3v) is 3.86. The van der Waals surface area contributed by atoms with Gasteiger partial charge in [-0.05, 0) is 30.7 Å². The van der Waals surface area contributed by atoms with Crippen LogP contribution in [0.3, 0.4) is 0 Å². The standard InChI is InChI=1S/C18H16N6/c1-13-10-14(2)24(22-13)18-21-19-12-23(18)20-11-16-8-5-7-15-6-3-4-9-17(15)16/h3-12H,1-2H3/b20-11+. The first-order valence-electron chi connectivity index (χ1n) is 7.68. The number of aryl methyl sites for hydroxylation is 2. The maximum atomic E-state index is 4.52. The van der Waals surface area contributed by atoms with Gasteiger partial charge in [0.1, 0.15) is 6.33 Å². The monoisotopic (exact) mass is 316 g/mol. The predicted molar refractivity (Wildman–Crippen MR) is 93.6 cm³/mol. The summed E-state index contributed by atoms with van der Waals surface area (Å²) in [6.45, 7) is 3.93. The molecule has 0 saturated heterocycles. The smallest absolute Gasteiger partial charge is 0.202 e. The van der Waals surface area contributed by atoms with E-state index in [1.165, 1.54) is 5.39 Å². The summed E-state index contributed by atoms with van der Waals surface area (Å²) in [5, 5.41) is 19.4. The van der Waals surface area contributed by atoms with Gasteiger partial charge in [0.15, 0.2) is 0 Å². The van der Waals surface area contributed by atoms with E-state index in [0.717, 1.165) is 22.3 Å². The molecule has 0 saturated carbocycles. The number of benzene rings is 2. The molecule has 0 amide bonds. The van der Waals surface area contributed by atoms with Gasteiger partial charge in [0.05, 0.1) is 11.9 Å². The van der Waals surface area contributed by atoms with Crippen LogP contribution in [0.1, 0.15) is 17.0 Å². The summed E-state index contributed by atoms with van der Waals surface area (Å²) in [6.07, 6.45) is 3.40. The van der Waals surface area contributed by atoms with Gasteiger partial charge >= 0.3 is 0 Å². The van der Waals surface area contributed by atoms with Gasteiger partial charge in [-0.25, -0.2) is 4.68 Å². The van der Waals surface area contributed by atoms with Crippen LogP contribution in [0, 0.1) is 13.8 Å². The van der Waals surface area contributed by atoms with E-state index in [-0.39, 0.29) is 0 Å². The predicted octanol–water partition coefficient (Wildman–Crippen LogP) is 3.12. The Labute approximate surface area is 139 Å². The van der Waals surface area contributed by atoms with Crippen molar-refractivity contribution in [2.45, 2.75) is 13.8 Å². The van der Waals surface area contributed by atoms with E-state index >= 15 is 0 Å². The van der Waals surface area contributed by atoms with Gasteiger partial charge in [-0.15, -0.1) is 10.2 Å². The molecule has 2 aromatic heterocycles. The van der Waals surface area contributed by atoms with Crippen LogP contribution >= 0.6 is 0 Å². The number of hydrogen-bond acceptors (Lipinski definition) is 4. The molecule has 6 nitrogen and oxygen atoms in total. The summed E-state index contributed by atoms with van der Waals surface area (Å²) in [4.78, 5) is 0. The van der Waals surface area contributed by atoms with Gasteiger partial charge in [0.25, 0.3) is 5.95 Å². The van der Waals surface area contributed by atoms with Crippen LogP contribution in [0.4, 0.5) is 0 Å². The molecule has 118 valence electrons. The first-order chi connectivity index (χ1) is 11.7. The number of hydrogen-bond donors (Lipinski definition) is 0. The number of fused-ring (bicyclic) bond motifs is 1. The first-order valence-corrected chi connectivity index (χ1v) is 7.68. The Morgan fingerprint density at radius 3 is 2.71 bits per heavy atom. The molecule has 0 spiro atoms. The molecule has 0 radical (unpaired) electrons. The molecule has 6 heteroatoms. The highest BCUT2D eigenvalue weighted by molar-refractivity contribution is 5.99. The Kier molecular flexibility index (Phi) is 3.42. The van der Waals surface area contributed by atoms with E-state index in [1.54, 1.807) is 15.7 Å². The van der Waals surface area contributed by atoms with Crippen LogP contribution in [-0.4, -0.2) is 30.9 Å². The summed E-state index contributed by atoms with van der Waals surface area (Å²) < 4.78 is 3.37. The lowest BCUT2D eigenvalue weighted by Gasteiger charge is -2.03. The largest absolute Gasteiger partial charge is 0.273 e. The summed E-state index contributed by atoms with van der Waals surface area (Å²) in [5.74, 6) is 0.567. The van der Waals surface area contributed by atoms with Gasteiger partial charge in [0.2, 0.25) is 0 Å². The van der Waals surface area contributed by atoms with Crippen LogP contribution in [0.5, 0.6) is 0 Å². The average Bonchev–Trinajstić information content (AvgIpc) is 3.18. The van der Waals surface area contributed by atoms with Gasteiger partial charge in [-0.2, -0.15) is 14.9 Å². The number of aromatic nitrogens is 5. The highest BCUT2D eigenvalue weighted by Crippen LogP contribution is 2.17. The van der Waals surface area contributed by atoms with Gasteiger partial charge < -0.3 is 0 Å². The molecule has 0 aliphatic heterocycles. The third kappa shape index (κ3) is 2.48. The zero-order valence-corrected chi connectivity index (χ0v) is 13.5. The Morgan fingerprint density at radius 2 is 1.88 bits per heavy atom. The molecule has 0 unspecified atom stereocenters. The van der Waals surface area contributed by atoms with Crippen molar-refractivity contribution in [1.29, 1.82) is 0 Å². The van der Waals surface area contributed by atoms with Crippen molar-refractivity contribution in [1.82, 2.24) is 24.7 Å². The maximum absolute atomic E-state index is 4.52. The second-order valence-corrected chi connectivity index (χ2v) is 5.63. The highest BCUT2D eigenvalue weighted by Gasteiger charge is 2.10. The second kappa shape index (κ2) is 5.73. The molecule has 0 aliphatic carbocycles. The third-order valence-electron chi connectivity index (χ3n) is 3.86. The van der Waals surface area contributed by atoms with Gasteiger partial charge in [-0.3, -0.25) is 0 Å². The first kappa shape index (κ1) is 14.3. The Bertz CT molecular complexity index is 1040. The SMILES string of the molecule is Cc1cc(C)n(-c2nncn2/N=C/c2cccc3ccccc23)n1. The minimum atomic E-state index is 0.567. The molecule has 0 fully saturated rings. The molecule has 4 rings (SSSR count). The van der Waals surface area contributed by atoms with Crippen molar-refractivity contribution < 1.29 is 0 Å². The van der Waals surface area contributed by atoms with Gasteiger partial charge in [-0.1, -0.05) is 42.5 Å². The molecule has 0 N–H and O–H groups in total. The molecule has 2 aromatic carbocycles. The van der Waals surface area contributed by atoms with Crippen LogP contribution in [-0.2, 0) is 0 Å². The Hall–Kier alpha value is -3.28. The number of nitrogens with zero attached hydrogens (tertiary/aromatic N) is 6. The molecule has 0 atom stereocenters. The van der Waals surface area contributed by atoms with Crippen molar-refractivity contribution in [3.05, 3.63) is 71.8 Å². The van der Waals surface area contributed by atoms with Crippen molar-refractivity contribution in [2.24, 2.45) is 5.10 Å². The second-order valence-electron chi connectivity index (χ2n) is 5.63. The fourth-order valence-electron chi connectivity index (χ4n) is 2.76. The van der Waals surface area contributed by atoms with E-state index in [9.17, 15) is 0 Å². The van der Waals surface area contributed by atoms with E-state index < -0.39 is 0 Å². The number of rotatable bonds is 3. The van der Waals surface area contributed by atoms with Crippen LogP contribution < -0.4 is 0 Å². The summed E-state index contributed by atoms with van der Waals surface area (Å²) in [7, 11) is 0. The lowest BCUT2D eigenvalue weighted by atomic mass is 10.1. The Balaban J connectivity index is 1.75. The van der Waals surface area contributed by atoms with E-state index in [0.29, 0.717) is 5.95 Å². The topological polar surface area (TPSA) is 60.9 Å². The minimum Gasteiger partial charge on any atom is -0.202 e. The van der Waals surface area contributed by atoms with Crippen molar-refractivity contribution >= 4 is 17.0 Å². The van der Waals surface area contributed by atoms with Crippen LogP contribution in [0.25, 0.3) is 16.7 Å². The maximum Gasteiger partial charge on any atom is 0.273 e. The minimum absolute atomic E-state index is 0.567. The summed E-state index contributed by atoms with van der Waals surface area (Å²) in [5.41, 5.74) is 2.96. The molecular formula is C18H16N6. The molecule has 4 aromatic rings. The summed E-state index contributed by atoms with van der Waals surface area (Å²) >= 11 is 0. The van der Waals surface area contributed by atoms with Crippen molar-refractivity contribution in [3.8, 4) is 5.95 Å². The zero-order chi connectivity index (χ0) is 16.5. The Morgan fingerprint density at radius 1 is 1.04 bits per heavy atom. The average molecular weight is 316 g/mol. The van der Waals surface area contributed by atoms with E-state index in [1.807, 2.05) is 50.4 Å². The normalized spacial score (nSPS) is 11.6. The molecule has 24 heavy (non-hydrogen) atoms. The zero-order valence-electron chi connectivity index (χ0n) is 13.5. The molecule has 0 bridgehead atoms. The van der Waals surface area contributed by atoms with E-state index in [2.05, 4.69) is 38.6 Å². The fourth-order valence-corrected chi connectivity index (χ4v) is 2.76. The van der Waals surface area contributed by atoms with Crippen LogP contribution in [0.15, 0.2) is 60.0 Å². The molecule has 0 aliphatic rings.